The van der Waals surface area contributed by atoms with Crippen molar-refractivity contribution >= 4 is 39.6 Å². The maximum atomic E-state index is 13.9. The van der Waals surface area contributed by atoms with Crippen molar-refractivity contribution in [2.75, 3.05) is 12.3 Å². The highest BCUT2D eigenvalue weighted by atomic mass is 32.2. The normalized spacial score (nSPS) is 13.1. The summed E-state index contributed by atoms with van der Waals surface area (Å²) in [6.45, 7) is 1.06. The van der Waals surface area contributed by atoms with E-state index in [4.69, 9.17) is 0 Å². The molecule has 3 heterocycles. The minimum atomic E-state index is -0.399. The average molecular weight is 422 g/mol. The largest absolute Gasteiger partial charge is 0.354 e. The third-order valence-corrected chi connectivity index (χ3v) is 6.27. The summed E-state index contributed by atoms with van der Waals surface area (Å²) in [6, 6.07) is 14.2. The van der Waals surface area contributed by atoms with Gasteiger partial charge in [-0.3, -0.25) is 14.2 Å². The number of carbonyl (C=O) groups excluding carboxylic acids is 1. The molecule has 1 aliphatic rings. The molecular formula is C22H19FN4O2S. The summed E-state index contributed by atoms with van der Waals surface area (Å²) in [6.07, 6.45) is 0.722. The van der Waals surface area contributed by atoms with Crippen molar-refractivity contribution < 1.29 is 9.18 Å². The van der Waals surface area contributed by atoms with Gasteiger partial charge in [-0.2, -0.15) is 0 Å². The highest BCUT2D eigenvalue weighted by molar-refractivity contribution is 7.99. The van der Waals surface area contributed by atoms with Crippen molar-refractivity contribution in [1.29, 1.82) is 0 Å². The van der Waals surface area contributed by atoms with Gasteiger partial charge in [0.1, 0.15) is 23.4 Å². The van der Waals surface area contributed by atoms with Crippen LogP contribution in [0.4, 0.5) is 4.39 Å². The Morgan fingerprint density at radius 3 is 2.87 bits per heavy atom. The lowest BCUT2D eigenvalue weighted by Gasteiger charge is -2.09. The Morgan fingerprint density at radius 1 is 1.20 bits per heavy atom. The van der Waals surface area contributed by atoms with Crippen LogP contribution >= 0.6 is 11.8 Å². The summed E-state index contributed by atoms with van der Waals surface area (Å²) >= 11 is 1.51. The molecular weight excluding hydrogens is 403 g/mol. The smallest absolute Gasteiger partial charge is 0.278 e. The van der Waals surface area contributed by atoms with Gasteiger partial charge in [-0.1, -0.05) is 42.1 Å². The summed E-state index contributed by atoms with van der Waals surface area (Å²) in [5, 5.41) is 4.11. The molecule has 0 unspecified atom stereocenters. The number of halogens is 1. The quantitative estimate of drug-likeness (QED) is 0.502. The first-order valence-electron chi connectivity index (χ1n) is 9.77. The highest BCUT2D eigenvalue weighted by Gasteiger charge is 2.23. The van der Waals surface area contributed by atoms with E-state index in [-0.39, 0.29) is 18.0 Å². The highest BCUT2D eigenvalue weighted by Crippen LogP contribution is 2.30. The van der Waals surface area contributed by atoms with E-state index in [2.05, 4.69) is 10.3 Å². The molecule has 0 saturated heterocycles. The Balaban J connectivity index is 1.49. The van der Waals surface area contributed by atoms with E-state index in [1.165, 1.54) is 23.9 Å². The Bertz CT molecular complexity index is 1330. The van der Waals surface area contributed by atoms with E-state index in [1.54, 1.807) is 15.2 Å². The molecule has 0 atom stereocenters. The molecule has 2 aromatic heterocycles. The number of hydrogen-bond acceptors (Lipinski definition) is 4. The van der Waals surface area contributed by atoms with Crippen LogP contribution in [0.3, 0.4) is 0 Å². The van der Waals surface area contributed by atoms with Crippen LogP contribution in [0.15, 0.2) is 58.5 Å². The van der Waals surface area contributed by atoms with Gasteiger partial charge in [0.15, 0.2) is 5.16 Å². The minimum absolute atomic E-state index is 0.0240. The van der Waals surface area contributed by atoms with E-state index >= 15 is 0 Å². The van der Waals surface area contributed by atoms with Gasteiger partial charge in [0.2, 0.25) is 5.91 Å². The maximum absolute atomic E-state index is 13.9. The van der Waals surface area contributed by atoms with Crippen LogP contribution in [0.1, 0.15) is 5.56 Å². The first-order chi connectivity index (χ1) is 14.6. The van der Waals surface area contributed by atoms with Gasteiger partial charge in [0.05, 0.1) is 5.52 Å². The number of fused-ring (bicyclic) bond motifs is 4. The molecule has 30 heavy (non-hydrogen) atoms. The third-order valence-electron chi connectivity index (χ3n) is 5.31. The molecule has 0 fully saturated rings. The predicted molar refractivity (Wildman–Crippen MR) is 115 cm³/mol. The van der Waals surface area contributed by atoms with E-state index in [1.807, 2.05) is 30.3 Å². The van der Waals surface area contributed by atoms with E-state index in [9.17, 15) is 14.0 Å². The van der Waals surface area contributed by atoms with Gasteiger partial charge in [-0.05, 0) is 30.2 Å². The van der Waals surface area contributed by atoms with Crippen molar-refractivity contribution in [3.63, 3.8) is 0 Å². The molecule has 0 bridgehead atoms. The van der Waals surface area contributed by atoms with E-state index in [0.29, 0.717) is 40.2 Å². The zero-order chi connectivity index (χ0) is 20.7. The fourth-order valence-electron chi connectivity index (χ4n) is 3.90. The van der Waals surface area contributed by atoms with Crippen LogP contribution in [0.5, 0.6) is 0 Å². The van der Waals surface area contributed by atoms with Crippen LogP contribution in [0.25, 0.3) is 21.9 Å². The summed E-state index contributed by atoms with van der Waals surface area (Å²) in [4.78, 5) is 30.4. The van der Waals surface area contributed by atoms with Gasteiger partial charge in [0, 0.05) is 24.2 Å². The van der Waals surface area contributed by atoms with E-state index in [0.717, 1.165) is 17.7 Å². The van der Waals surface area contributed by atoms with Crippen molar-refractivity contribution in [2.45, 2.75) is 24.7 Å². The first-order valence-corrected chi connectivity index (χ1v) is 10.8. The second kappa shape index (κ2) is 7.60. The van der Waals surface area contributed by atoms with Crippen molar-refractivity contribution in [3.05, 3.63) is 70.3 Å². The molecule has 1 amide bonds. The zero-order valence-corrected chi connectivity index (χ0v) is 16.9. The number of nitrogens with one attached hydrogen (secondary N) is 1. The van der Waals surface area contributed by atoms with E-state index < -0.39 is 5.82 Å². The Hall–Kier alpha value is -3.13. The summed E-state index contributed by atoms with van der Waals surface area (Å²) in [5.74, 6) is 0.179. The minimum Gasteiger partial charge on any atom is -0.354 e. The second-order valence-electron chi connectivity index (χ2n) is 7.23. The SMILES string of the molecule is O=C(Cn1c2ccc(F)cc2c2nc3n(c(=O)c21)CCS3)NCCc1ccccc1. The average Bonchev–Trinajstić information content (AvgIpc) is 3.33. The van der Waals surface area contributed by atoms with Gasteiger partial charge < -0.3 is 9.88 Å². The van der Waals surface area contributed by atoms with Crippen molar-refractivity contribution in [1.82, 2.24) is 19.4 Å². The van der Waals surface area contributed by atoms with Gasteiger partial charge in [-0.15, -0.1) is 0 Å². The molecule has 0 spiro atoms. The standard InChI is InChI=1S/C22H19FN4O2S/c23-15-6-7-17-16(12-15)19-20(21(29)26-10-11-30-22(26)25-19)27(17)13-18(28)24-9-8-14-4-2-1-3-5-14/h1-7,12H,8-11,13H2,(H,24,28). The predicted octanol–water partition coefficient (Wildman–Crippen LogP) is 2.95. The molecule has 8 heteroatoms. The van der Waals surface area contributed by atoms with Crippen LogP contribution < -0.4 is 10.9 Å². The molecule has 4 aromatic rings. The second-order valence-corrected chi connectivity index (χ2v) is 8.29. The Kier molecular flexibility index (Phi) is 4.78. The molecule has 1 N–H and O–H groups in total. The topological polar surface area (TPSA) is 68.9 Å². The number of thioether (sulfide) groups is 1. The summed E-state index contributed by atoms with van der Waals surface area (Å²) in [7, 11) is 0. The maximum Gasteiger partial charge on any atom is 0.278 e. The lowest BCUT2D eigenvalue weighted by atomic mass is 10.1. The molecule has 0 radical (unpaired) electrons. The lowest BCUT2D eigenvalue weighted by Crippen LogP contribution is -2.30. The van der Waals surface area contributed by atoms with Crippen molar-refractivity contribution in [3.8, 4) is 0 Å². The summed E-state index contributed by atoms with van der Waals surface area (Å²) < 4.78 is 17.2. The van der Waals surface area contributed by atoms with Gasteiger partial charge in [0.25, 0.3) is 5.56 Å². The number of hydrogen-bond donors (Lipinski definition) is 1. The molecule has 6 nitrogen and oxygen atoms in total. The third kappa shape index (κ3) is 3.27. The van der Waals surface area contributed by atoms with Gasteiger partial charge >= 0.3 is 0 Å². The number of rotatable bonds is 5. The van der Waals surface area contributed by atoms with Crippen LogP contribution in [-0.2, 0) is 24.3 Å². The lowest BCUT2D eigenvalue weighted by molar-refractivity contribution is -0.121. The number of benzene rings is 2. The van der Waals surface area contributed by atoms with Crippen LogP contribution in [0, 0.1) is 5.82 Å². The molecule has 0 saturated carbocycles. The number of nitrogens with zero attached hydrogens (tertiary/aromatic N) is 3. The molecule has 1 aliphatic heterocycles. The fourth-order valence-corrected chi connectivity index (χ4v) is 4.84. The van der Waals surface area contributed by atoms with Crippen LogP contribution in [0.2, 0.25) is 0 Å². The van der Waals surface area contributed by atoms with Crippen molar-refractivity contribution in [2.24, 2.45) is 0 Å². The number of carbonyl (C=O) groups is 1. The summed E-state index contributed by atoms with van der Waals surface area (Å²) in [5.41, 5.74) is 2.38. The Morgan fingerprint density at radius 2 is 2.03 bits per heavy atom. The molecule has 152 valence electrons. The zero-order valence-electron chi connectivity index (χ0n) is 16.1. The molecule has 2 aromatic carbocycles. The Labute approximate surface area is 175 Å². The molecule has 0 aliphatic carbocycles. The number of amides is 1. The molecule has 5 rings (SSSR count). The number of aromatic nitrogens is 3. The first kappa shape index (κ1) is 18.9. The fraction of sp³-hybridized carbons (Fsp3) is 0.227. The monoisotopic (exact) mass is 422 g/mol. The van der Waals surface area contributed by atoms with Crippen LogP contribution in [-0.4, -0.2) is 32.3 Å². The van der Waals surface area contributed by atoms with Gasteiger partial charge in [-0.25, -0.2) is 9.37 Å².